The number of aliphatic carboxylic acids is 3. The van der Waals surface area contributed by atoms with Crippen molar-refractivity contribution in [2.45, 2.75) is 119 Å². The Hall–Kier alpha value is -6.60. The SMILES string of the molecule is C[C@@H](O)[C@H](NC(=O)[C@@H]1CCCN1C(=O)[C@@H]1CCCN1)C(=O)N[C@@H](CCC(=O)O)C(=O)N[C@@H](Cc1ccccc1)C(=O)N[C@@H](CS)C(=O)N[C@@H](CC(=O)O)C(=O)N[C@@H](Cc1cnc[nH]1)C(=O)O. The molecule has 66 heavy (non-hydrogen) atoms. The van der Waals surface area contributed by atoms with E-state index < -0.39 is 133 Å². The fourth-order valence-electron chi connectivity index (χ4n) is 7.39. The van der Waals surface area contributed by atoms with Crippen molar-refractivity contribution in [3.63, 3.8) is 0 Å². The molecule has 4 rings (SSSR count). The highest BCUT2D eigenvalue weighted by Gasteiger charge is 2.41. The van der Waals surface area contributed by atoms with E-state index in [0.717, 1.165) is 6.42 Å². The maximum absolute atomic E-state index is 14.0. The van der Waals surface area contributed by atoms with E-state index in [2.05, 4.69) is 59.8 Å². The molecule has 0 unspecified atom stereocenters. The molecule has 0 radical (unpaired) electrons. The number of nitrogens with zero attached hydrogens (tertiary/aromatic N) is 2. The molecule has 0 bridgehead atoms. The van der Waals surface area contributed by atoms with Crippen LogP contribution in [0.4, 0.5) is 0 Å². The summed E-state index contributed by atoms with van der Waals surface area (Å²) >= 11 is 4.14. The van der Waals surface area contributed by atoms with E-state index in [1.165, 1.54) is 24.3 Å². The van der Waals surface area contributed by atoms with Gasteiger partial charge in [-0.15, -0.1) is 0 Å². The second-order valence-corrected chi connectivity index (χ2v) is 16.3. The zero-order valence-corrected chi connectivity index (χ0v) is 36.8. The van der Waals surface area contributed by atoms with Crippen molar-refractivity contribution in [1.82, 2.24) is 52.1 Å². The van der Waals surface area contributed by atoms with E-state index in [1.54, 1.807) is 30.3 Å². The van der Waals surface area contributed by atoms with Crippen LogP contribution in [-0.2, 0) is 60.8 Å². The lowest BCUT2D eigenvalue weighted by Gasteiger charge is -2.30. The smallest absolute Gasteiger partial charge is 0.326 e. The van der Waals surface area contributed by atoms with E-state index >= 15 is 0 Å². The molecule has 25 heteroatoms. The van der Waals surface area contributed by atoms with Gasteiger partial charge in [-0.2, -0.15) is 12.6 Å². The third kappa shape index (κ3) is 15.5. The molecule has 2 fully saturated rings. The van der Waals surface area contributed by atoms with Crippen molar-refractivity contribution < 1.29 is 68.4 Å². The number of benzene rings is 1. The number of imidazole rings is 1. The number of thiol groups is 1. The van der Waals surface area contributed by atoms with Crippen LogP contribution in [0.25, 0.3) is 0 Å². The molecule has 0 aliphatic carbocycles. The highest BCUT2D eigenvalue weighted by atomic mass is 32.1. The molecule has 7 amide bonds. The number of carbonyl (C=O) groups excluding carboxylic acids is 7. The molecule has 0 spiro atoms. The Morgan fingerprint density at radius 2 is 1.38 bits per heavy atom. The number of nitrogens with one attached hydrogen (secondary N) is 8. The lowest BCUT2D eigenvalue weighted by Crippen LogP contribution is -2.62. The summed E-state index contributed by atoms with van der Waals surface area (Å²) in [7, 11) is 0. The van der Waals surface area contributed by atoms with E-state index in [9.17, 15) is 68.4 Å². The van der Waals surface area contributed by atoms with Crippen LogP contribution in [-0.4, -0.2) is 168 Å². The van der Waals surface area contributed by atoms with E-state index in [4.69, 9.17) is 0 Å². The molecule has 1 aromatic carbocycles. The summed E-state index contributed by atoms with van der Waals surface area (Å²) in [5.74, 6) is -11.2. The standard InChI is InChI=1S/C41H56N10O14S/c1-21(52)33(50-38(61)30-10-6-14-51(30)40(63)25-9-5-13-43-25)39(62)45-24(11-12-31(53)54)34(57)46-26(15-22-7-3-2-4-8-22)35(58)49-29(19-66)37(60)47-27(17-32(55)56)36(59)48-28(41(64)65)16-23-18-42-20-44-23/h2-4,7-8,18,20-21,24-30,33,43,52,66H,5-6,9-17,19H2,1H3,(H,42,44)(H,45,62)(H,46,57)(H,47,60)(H,48,59)(H,49,58)(H,50,61)(H,53,54)(H,55,56)(H,64,65)/t21-,24+,25+,26+,27+,28+,29+,30+,33+/m1/s1. The van der Waals surface area contributed by atoms with Crippen molar-refractivity contribution in [3.05, 3.63) is 54.1 Å². The molecule has 2 saturated heterocycles. The van der Waals surface area contributed by atoms with Gasteiger partial charge in [-0.3, -0.25) is 43.2 Å². The highest BCUT2D eigenvalue weighted by molar-refractivity contribution is 7.80. The van der Waals surface area contributed by atoms with Crippen molar-refractivity contribution in [2.24, 2.45) is 0 Å². The fourth-order valence-corrected chi connectivity index (χ4v) is 7.65. The van der Waals surface area contributed by atoms with E-state index in [-0.39, 0.29) is 18.7 Å². The third-order valence-electron chi connectivity index (χ3n) is 10.9. The monoisotopic (exact) mass is 944 g/mol. The third-order valence-corrected chi connectivity index (χ3v) is 11.2. The Labute approximate surface area is 383 Å². The Bertz CT molecular complexity index is 2050. The van der Waals surface area contributed by atoms with Gasteiger partial charge in [-0.05, 0) is 51.1 Å². The minimum atomic E-state index is -1.83. The van der Waals surface area contributed by atoms with Crippen LogP contribution >= 0.6 is 12.6 Å². The molecular formula is C41H56N10O14S. The molecular weight excluding hydrogens is 889 g/mol. The zero-order valence-electron chi connectivity index (χ0n) is 35.9. The van der Waals surface area contributed by atoms with Gasteiger partial charge in [0.25, 0.3) is 0 Å². The van der Waals surface area contributed by atoms with Crippen molar-refractivity contribution in [3.8, 4) is 0 Å². The first-order chi connectivity index (χ1) is 31.4. The van der Waals surface area contributed by atoms with Crippen molar-refractivity contribution in [1.29, 1.82) is 0 Å². The van der Waals surface area contributed by atoms with E-state index in [0.29, 0.717) is 43.6 Å². The number of amides is 7. The minimum absolute atomic E-state index is 0.227. The van der Waals surface area contributed by atoms with Crippen LogP contribution in [0.2, 0.25) is 0 Å². The van der Waals surface area contributed by atoms with Crippen LogP contribution in [0.15, 0.2) is 42.9 Å². The predicted octanol–water partition coefficient (Wildman–Crippen LogP) is -3.42. The van der Waals surface area contributed by atoms with Crippen LogP contribution in [0.5, 0.6) is 0 Å². The number of rotatable bonds is 25. The minimum Gasteiger partial charge on any atom is -0.481 e. The Kier molecular flexibility index (Phi) is 19.9. The maximum atomic E-state index is 14.0. The quantitative estimate of drug-likeness (QED) is 0.0431. The first-order valence-corrected chi connectivity index (χ1v) is 21.8. The van der Waals surface area contributed by atoms with Crippen LogP contribution in [0, 0.1) is 0 Å². The normalized spacial score (nSPS) is 18.8. The van der Waals surface area contributed by atoms with Gasteiger partial charge in [-0.1, -0.05) is 30.3 Å². The highest BCUT2D eigenvalue weighted by Crippen LogP contribution is 2.21. The molecule has 12 N–H and O–H groups in total. The van der Waals surface area contributed by atoms with Crippen LogP contribution in [0.1, 0.15) is 63.1 Å². The summed E-state index contributed by atoms with van der Waals surface area (Å²) in [6.45, 7) is 2.16. The topological polar surface area (TPSA) is 368 Å². The van der Waals surface area contributed by atoms with E-state index in [1.807, 2.05) is 0 Å². The molecule has 2 aromatic rings. The number of H-pyrrole nitrogens is 1. The average molecular weight is 945 g/mol. The Morgan fingerprint density at radius 1 is 0.758 bits per heavy atom. The number of aliphatic hydroxyl groups is 1. The lowest BCUT2D eigenvalue weighted by molar-refractivity contribution is -0.143. The number of carboxylic acid groups (broad SMARTS) is 3. The number of aliphatic hydroxyl groups excluding tert-OH is 1. The summed E-state index contributed by atoms with van der Waals surface area (Å²) in [5, 5.41) is 56.5. The zero-order chi connectivity index (χ0) is 48.5. The van der Waals surface area contributed by atoms with Crippen molar-refractivity contribution >= 4 is 71.9 Å². The van der Waals surface area contributed by atoms with Gasteiger partial charge < -0.3 is 67.5 Å². The lowest BCUT2D eigenvalue weighted by atomic mass is 10.0. The second-order valence-electron chi connectivity index (χ2n) is 15.9. The number of aromatic nitrogens is 2. The van der Waals surface area contributed by atoms with Gasteiger partial charge >= 0.3 is 17.9 Å². The van der Waals surface area contributed by atoms with Crippen molar-refractivity contribution in [2.75, 3.05) is 18.8 Å². The number of likely N-dealkylation sites (tertiary alicyclic amines) is 1. The average Bonchev–Trinajstić information content (AvgIpc) is 4.09. The fraction of sp³-hybridized carbons (Fsp3) is 0.537. The molecule has 2 aliphatic heterocycles. The first kappa shape index (κ1) is 52.0. The van der Waals surface area contributed by atoms with Gasteiger partial charge in [0.05, 0.1) is 24.9 Å². The van der Waals surface area contributed by atoms with Crippen LogP contribution < -0.4 is 37.2 Å². The molecule has 360 valence electrons. The molecule has 2 aliphatic rings. The van der Waals surface area contributed by atoms with Gasteiger partial charge in [0.15, 0.2) is 0 Å². The number of hydrogen-bond acceptors (Lipinski definition) is 14. The summed E-state index contributed by atoms with van der Waals surface area (Å²) in [5.41, 5.74) is 0.829. The number of aromatic amines is 1. The number of carbonyl (C=O) groups is 10. The van der Waals surface area contributed by atoms with Gasteiger partial charge in [-0.25, -0.2) is 9.78 Å². The largest absolute Gasteiger partial charge is 0.481 e. The number of carboxylic acids is 3. The van der Waals surface area contributed by atoms with Crippen LogP contribution in [0.3, 0.4) is 0 Å². The first-order valence-electron chi connectivity index (χ1n) is 21.2. The molecule has 24 nitrogen and oxygen atoms in total. The maximum Gasteiger partial charge on any atom is 0.326 e. The Balaban J connectivity index is 1.50. The molecule has 0 saturated carbocycles. The molecule has 1 aromatic heterocycles. The molecule has 3 heterocycles. The summed E-state index contributed by atoms with van der Waals surface area (Å²) in [4.78, 5) is 138. The Morgan fingerprint density at radius 3 is 1.97 bits per heavy atom. The van der Waals surface area contributed by atoms with Gasteiger partial charge in [0, 0.05) is 43.5 Å². The predicted molar refractivity (Wildman–Crippen MR) is 232 cm³/mol. The van der Waals surface area contributed by atoms with Gasteiger partial charge in [0.2, 0.25) is 41.4 Å². The van der Waals surface area contributed by atoms with Gasteiger partial charge in [0.1, 0.15) is 42.3 Å². The second kappa shape index (κ2) is 25.2. The summed E-state index contributed by atoms with van der Waals surface area (Å²) in [6.07, 6.45) is 0.597. The number of hydrogen-bond donors (Lipinski definition) is 13. The molecule has 9 atom stereocenters. The summed E-state index contributed by atoms with van der Waals surface area (Å²) < 4.78 is 0. The summed E-state index contributed by atoms with van der Waals surface area (Å²) in [6, 6.07) is -3.06.